The van der Waals surface area contributed by atoms with Gasteiger partial charge in [-0.15, -0.1) is 0 Å². The summed E-state index contributed by atoms with van der Waals surface area (Å²) in [6.45, 7) is 15.3. The standard InChI is InChI=1S/C24H43N5O2/c1-19(2)29(20(3)4)13-7-12-26-24(25-5)27-18-23(28-14-16-31-17-15-28)21-8-10-22(30-6)11-9-21/h8-11,19-20,23H,7,12-18H2,1-6H3,(H2,25,26,27). The molecule has 0 saturated carbocycles. The Bertz CT molecular complexity index is 634. The summed E-state index contributed by atoms with van der Waals surface area (Å²) in [4.78, 5) is 9.44. The predicted molar refractivity (Wildman–Crippen MR) is 129 cm³/mol. The zero-order valence-electron chi connectivity index (χ0n) is 20.4. The van der Waals surface area contributed by atoms with E-state index < -0.39 is 0 Å². The van der Waals surface area contributed by atoms with E-state index >= 15 is 0 Å². The molecule has 1 atom stereocenters. The summed E-state index contributed by atoms with van der Waals surface area (Å²) in [5.41, 5.74) is 1.27. The van der Waals surface area contributed by atoms with Gasteiger partial charge < -0.3 is 20.1 Å². The second kappa shape index (κ2) is 13.6. The van der Waals surface area contributed by atoms with E-state index in [1.165, 1.54) is 5.56 Å². The first-order chi connectivity index (χ1) is 15.0. The molecule has 1 heterocycles. The van der Waals surface area contributed by atoms with Crippen molar-refractivity contribution in [2.24, 2.45) is 4.99 Å². The van der Waals surface area contributed by atoms with Gasteiger partial charge >= 0.3 is 0 Å². The van der Waals surface area contributed by atoms with Crippen LogP contribution in [0.5, 0.6) is 5.75 Å². The van der Waals surface area contributed by atoms with Gasteiger partial charge in [0.1, 0.15) is 5.75 Å². The Hall–Kier alpha value is -1.83. The molecule has 1 aromatic rings. The maximum atomic E-state index is 5.57. The second-order valence-electron chi connectivity index (χ2n) is 8.60. The van der Waals surface area contributed by atoms with Crippen molar-refractivity contribution in [3.05, 3.63) is 29.8 Å². The van der Waals surface area contributed by atoms with Crippen molar-refractivity contribution in [1.82, 2.24) is 20.4 Å². The lowest BCUT2D eigenvalue weighted by Gasteiger charge is -2.35. The fourth-order valence-corrected chi connectivity index (χ4v) is 4.17. The molecule has 1 unspecified atom stereocenters. The van der Waals surface area contributed by atoms with E-state index in [-0.39, 0.29) is 6.04 Å². The van der Waals surface area contributed by atoms with Crippen LogP contribution in [-0.4, -0.2) is 87.9 Å². The van der Waals surface area contributed by atoms with Crippen molar-refractivity contribution in [2.75, 3.05) is 60.1 Å². The van der Waals surface area contributed by atoms with E-state index in [9.17, 15) is 0 Å². The average molecular weight is 434 g/mol. The number of rotatable bonds is 11. The number of nitrogens with one attached hydrogen (secondary N) is 2. The maximum Gasteiger partial charge on any atom is 0.191 e. The van der Waals surface area contributed by atoms with Gasteiger partial charge in [0, 0.05) is 51.9 Å². The van der Waals surface area contributed by atoms with Crippen LogP contribution >= 0.6 is 0 Å². The van der Waals surface area contributed by atoms with Crippen LogP contribution in [0, 0.1) is 0 Å². The molecule has 0 radical (unpaired) electrons. The molecule has 0 spiro atoms. The van der Waals surface area contributed by atoms with Gasteiger partial charge in [0.25, 0.3) is 0 Å². The van der Waals surface area contributed by atoms with Crippen LogP contribution in [0.1, 0.15) is 45.7 Å². The smallest absolute Gasteiger partial charge is 0.191 e. The van der Waals surface area contributed by atoms with Crippen LogP contribution in [0.15, 0.2) is 29.3 Å². The van der Waals surface area contributed by atoms with Crippen LogP contribution in [0.25, 0.3) is 0 Å². The van der Waals surface area contributed by atoms with Crippen LogP contribution in [-0.2, 0) is 4.74 Å². The minimum Gasteiger partial charge on any atom is -0.497 e. The van der Waals surface area contributed by atoms with Gasteiger partial charge in [-0.3, -0.25) is 14.8 Å². The highest BCUT2D eigenvalue weighted by Crippen LogP contribution is 2.23. The first-order valence-corrected chi connectivity index (χ1v) is 11.6. The van der Waals surface area contributed by atoms with E-state index in [4.69, 9.17) is 9.47 Å². The molecule has 1 saturated heterocycles. The van der Waals surface area contributed by atoms with Crippen LogP contribution in [0.3, 0.4) is 0 Å². The van der Waals surface area contributed by atoms with Gasteiger partial charge in [0.15, 0.2) is 5.96 Å². The summed E-state index contributed by atoms with van der Waals surface area (Å²) in [5.74, 6) is 1.74. The third kappa shape index (κ3) is 8.31. The Morgan fingerprint density at radius 3 is 2.29 bits per heavy atom. The Balaban J connectivity index is 1.90. The number of hydrogen-bond donors (Lipinski definition) is 2. The van der Waals surface area contributed by atoms with E-state index in [0.29, 0.717) is 12.1 Å². The molecule has 0 amide bonds. The summed E-state index contributed by atoms with van der Waals surface area (Å²) in [6, 6.07) is 9.76. The zero-order valence-corrected chi connectivity index (χ0v) is 20.4. The number of morpholine rings is 1. The molecule has 31 heavy (non-hydrogen) atoms. The van der Waals surface area contributed by atoms with Gasteiger partial charge in [-0.2, -0.15) is 0 Å². The molecule has 2 rings (SSSR count). The lowest BCUT2D eigenvalue weighted by atomic mass is 10.0. The number of hydrogen-bond acceptors (Lipinski definition) is 5. The molecule has 1 aliphatic rings. The minimum absolute atomic E-state index is 0.255. The molecule has 7 heteroatoms. The molecular formula is C24H43N5O2. The number of aliphatic imine (C=N–C) groups is 1. The highest BCUT2D eigenvalue weighted by Gasteiger charge is 2.23. The predicted octanol–water partition coefficient (Wildman–Crippen LogP) is 2.74. The summed E-state index contributed by atoms with van der Waals surface area (Å²) in [5, 5.41) is 7.02. The number of methoxy groups -OCH3 is 1. The normalized spacial score (nSPS) is 16.7. The Morgan fingerprint density at radius 2 is 1.74 bits per heavy atom. The van der Waals surface area contributed by atoms with Crippen molar-refractivity contribution < 1.29 is 9.47 Å². The zero-order chi connectivity index (χ0) is 22.6. The maximum absolute atomic E-state index is 5.57. The minimum atomic E-state index is 0.255. The SMILES string of the molecule is CN=C(NCCCN(C(C)C)C(C)C)NCC(c1ccc(OC)cc1)N1CCOCC1. The topological polar surface area (TPSA) is 61.4 Å². The van der Waals surface area contributed by atoms with Gasteiger partial charge in [0.2, 0.25) is 0 Å². The Kier molecular flexibility index (Phi) is 11.1. The van der Waals surface area contributed by atoms with Crippen LogP contribution in [0.2, 0.25) is 0 Å². The number of ether oxygens (including phenoxy) is 2. The first kappa shape index (κ1) is 25.4. The van der Waals surface area contributed by atoms with E-state index in [0.717, 1.165) is 64.1 Å². The van der Waals surface area contributed by atoms with Gasteiger partial charge in [-0.25, -0.2) is 0 Å². The lowest BCUT2D eigenvalue weighted by molar-refractivity contribution is 0.0170. The lowest BCUT2D eigenvalue weighted by Crippen LogP contribution is -2.46. The Morgan fingerprint density at radius 1 is 1.10 bits per heavy atom. The molecule has 176 valence electrons. The molecular weight excluding hydrogens is 390 g/mol. The first-order valence-electron chi connectivity index (χ1n) is 11.6. The quantitative estimate of drug-likeness (QED) is 0.318. The molecule has 0 aromatic heterocycles. The van der Waals surface area contributed by atoms with Gasteiger partial charge in [-0.05, 0) is 51.8 Å². The van der Waals surface area contributed by atoms with Crippen molar-refractivity contribution in [2.45, 2.75) is 52.2 Å². The Labute approximate surface area is 189 Å². The molecule has 7 nitrogen and oxygen atoms in total. The van der Waals surface area contributed by atoms with E-state index in [1.54, 1.807) is 7.11 Å². The van der Waals surface area contributed by atoms with E-state index in [2.05, 4.69) is 65.3 Å². The van der Waals surface area contributed by atoms with Crippen LogP contribution < -0.4 is 15.4 Å². The van der Waals surface area contributed by atoms with Gasteiger partial charge in [0.05, 0.1) is 26.4 Å². The highest BCUT2D eigenvalue weighted by molar-refractivity contribution is 5.79. The molecule has 0 aliphatic carbocycles. The molecule has 1 aromatic carbocycles. The largest absolute Gasteiger partial charge is 0.497 e. The molecule has 0 bridgehead atoms. The molecule has 2 N–H and O–H groups in total. The fourth-order valence-electron chi connectivity index (χ4n) is 4.17. The van der Waals surface area contributed by atoms with Crippen molar-refractivity contribution in [3.63, 3.8) is 0 Å². The average Bonchev–Trinajstić information content (AvgIpc) is 2.78. The molecule has 1 aliphatic heterocycles. The van der Waals surface area contributed by atoms with Gasteiger partial charge in [-0.1, -0.05) is 12.1 Å². The third-order valence-corrected chi connectivity index (χ3v) is 5.89. The van der Waals surface area contributed by atoms with E-state index in [1.807, 2.05) is 19.2 Å². The summed E-state index contributed by atoms with van der Waals surface area (Å²) >= 11 is 0. The highest BCUT2D eigenvalue weighted by atomic mass is 16.5. The van der Waals surface area contributed by atoms with Crippen molar-refractivity contribution in [1.29, 1.82) is 0 Å². The number of benzene rings is 1. The van der Waals surface area contributed by atoms with Crippen LogP contribution in [0.4, 0.5) is 0 Å². The fraction of sp³-hybridized carbons (Fsp3) is 0.708. The third-order valence-electron chi connectivity index (χ3n) is 5.89. The molecule has 1 fully saturated rings. The van der Waals surface area contributed by atoms with Crippen molar-refractivity contribution >= 4 is 5.96 Å². The summed E-state index contributed by atoms with van der Waals surface area (Å²) in [6.07, 6.45) is 1.09. The monoisotopic (exact) mass is 433 g/mol. The summed E-state index contributed by atoms with van der Waals surface area (Å²) < 4.78 is 10.9. The second-order valence-corrected chi connectivity index (χ2v) is 8.60. The number of nitrogens with zero attached hydrogens (tertiary/aromatic N) is 3. The van der Waals surface area contributed by atoms with Crippen molar-refractivity contribution in [3.8, 4) is 5.75 Å². The summed E-state index contributed by atoms with van der Waals surface area (Å²) in [7, 11) is 3.54. The number of guanidine groups is 1.